The molecule has 2 amide bonds. The molecule has 0 spiro atoms. The molecule has 94 valence electrons. The van der Waals surface area contributed by atoms with E-state index < -0.39 is 6.03 Å². The second-order valence-electron chi connectivity index (χ2n) is 3.53. The van der Waals surface area contributed by atoms with Crippen molar-refractivity contribution in [2.45, 2.75) is 6.92 Å². The van der Waals surface area contributed by atoms with E-state index in [1.54, 1.807) is 31.2 Å². The predicted molar refractivity (Wildman–Crippen MR) is 70.3 cm³/mol. The maximum absolute atomic E-state index is 11.6. The maximum Gasteiger partial charge on any atom is 0.324 e. The number of anilines is 2. The number of aryl methyl sites for hydroxylation is 1. The first-order valence-corrected chi connectivity index (χ1v) is 5.76. The van der Waals surface area contributed by atoms with Gasteiger partial charge in [-0.2, -0.15) is 0 Å². The average molecular weight is 286 g/mol. The standard InChI is InChI=1S/C11H9Cl2N3O2/c1-6-4-10(16-18-6)15-11(17)14-9-3-2-7(12)5-8(9)13/h2-5H,1H3,(H2,14,15,16,17). The number of benzene rings is 1. The van der Waals surface area contributed by atoms with Gasteiger partial charge in [0.25, 0.3) is 0 Å². The number of amides is 2. The van der Waals surface area contributed by atoms with Crippen LogP contribution in [0.15, 0.2) is 28.8 Å². The van der Waals surface area contributed by atoms with Gasteiger partial charge in [-0.1, -0.05) is 28.4 Å². The van der Waals surface area contributed by atoms with E-state index in [9.17, 15) is 4.79 Å². The molecule has 0 unspecified atom stereocenters. The molecule has 0 saturated carbocycles. The predicted octanol–water partition coefficient (Wildman–Crippen LogP) is 3.93. The third-order valence-electron chi connectivity index (χ3n) is 2.05. The summed E-state index contributed by atoms with van der Waals surface area (Å²) in [5, 5.41) is 9.57. The van der Waals surface area contributed by atoms with Gasteiger partial charge in [0.05, 0.1) is 10.7 Å². The Bertz CT molecular complexity index is 583. The van der Waals surface area contributed by atoms with Gasteiger partial charge in [0.2, 0.25) is 0 Å². The Morgan fingerprint density at radius 1 is 1.28 bits per heavy atom. The fourth-order valence-corrected chi connectivity index (χ4v) is 1.74. The summed E-state index contributed by atoms with van der Waals surface area (Å²) in [6.07, 6.45) is 0. The first-order valence-electron chi connectivity index (χ1n) is 5.01. The van der Waals surface area contributed by atoms with Crippen LogP contribution < -0.4 is 10.6 Å². The normalized spacial score (nSPS) is 10.2. The number of nitrogens with one attached hydrogen (secondary N) is 2. The second-order valence-corrected chi connectivity index (χ2v) is 4.37. The highest BCUT2D eigenvalue weighted by Gasteiger charge is 2.08. The summed E-state index contributed by atoms with van der Waals surface area (Å²) < 4.78 is 4.82. The van der Waals surface area contributed by atoms with Gasteiger partial charge in [0.1, 0.15) is 5.76 Å². The van der Waals surface area contributed by atoms with Crippen LogP contribution in [-0.4, -0.2) is 11.2 Å². The SMILES string of the molecule is Cc1cc(NC(=O)Nc2ccc(Cl)cc2Cl)no1. The van der Waals surface area contributed by atoms with E-state index >= 15 is 0 Å². The first kappa shape index (κ1) is 12.7. The molecular formula is C11H9Cl2N3O2. The summed E-state index contributed by atoms with van der Waals surface area (Å²) in [5.74, 6) is 0.935. The van der Waals surface area contributed by atoms with Gasteiger partial charge in [-0.15, -0.1) is 0 Å². The van der Waals surface area contributed by atoms with E-state index in [0.717, 1.165) is 0 Å². The Hall–Kier alpha value is -1.72. The minimum absolute atomic E-state index is 0.329. The van der Waals surface area contributed by atoms with Gasteiger partial charge >= 0.3 is 6.03 Å². The summed E-state index contributed by atoms with van der Waals surface area (Å²) in [6, 6.07) is 5.91. The second kappa shape index (κ2) is 5.29. The quantitative estimate of drug-likeness (QED) is 0.878. The molecule has 1 heterocycles. The third-order valence-corrected chi connectivity index (χ3v) is 2.60. The van der Waals surface area contributed by atoms with Crippen LogP contribution in [0.4, 0.5) is 16.3 Å². The number of halogens is 2. The molecule has 0 bridgehead atoms. The lowest BCUT2D eigenvalue weighted by molar-refractivity contribution is 0.262. The largest absolute Gasteiger partial charge is 0.360 e. The third kappa shape index (κ3) is 3.15. The molecule has 5 nitrogen and oxygen atoms in total. The molecule has 2 aromatic rings. The monoisotopic (exact) mass is 285 g/mol. The van der Waals surface area contributed by atoms with E-state index in [1.165, 1.54) is 0 Å². The number of hydrogen-bond donors (Lipinski definition) is 2. The van der Waals surface area contributed by atoms with Crippen LogP contribution in [0.2, 0.25) is 10.0 Å². The van der Waals surface area contributed by atoms with Crippen molar-refractivity contribution >= 4 is 40.7 Å². The van der Waals surface area contributed by atoms with Crippen LogP contribution in [0.3, 0.4) is 0 Å². The van der Waals surface area contributed by atoms with Crippen molar-refractivity contribution in [2.24, 2.45) is 0 Å². The van der Waals surface area contributed by atoms with E-state index in [1.807, 2.05) is 0 Å². The molecule has 7 heteroatoms. The Morgan fingerprint density at radius 3 is 2.67 bits per heavy atom. The van der Waals surface area contributed by atoms with Crippen LogP contribution in [-0.2, 0) is 0 Å². The van der Waals surface area contributed by atoms with Gasteiger partial charge < -0.3 is 9.84 Å². The van der Waals surface area contributed by atoms with Crippen LogP contribution in [0.1, 0.15) is 5.76 Å². The highest BCUT2D eigenvalue weighted by atomic mass is 35.5. The van der Waals surface area contributed by atoms with Crippen LogP contribution in [0.5, 0.6) is 0 Å². The van der Waals surface area contributed by atoms with Gasteiger partial charge in [-0.05, 0) is 25.1 Å². The summed E-state index contributed by atoms with van der Waals surface area (Å²) in [7, 11) is 0. The van der Waals surface area contributed by atoms with Crippen molar-refractivity contribution in [3.8, 4) is 0 Å². The van der Waals surface area contributed by atoms with Crippen molar-refractivity contribution in [1.29, 1.82) is 0 Å². The zero-order valence-electron chi connectivity index (χ0n) is 9.33. The Morgan fingerprint density at radius 2 is 2.06 bits per heavy atom. The fourth-order valence-electron chi connectivity index (χ4n) is 1.29. The number of aromatic nitrogens is 1. The number of carbonyl (C=O) groups is 1. The van der Waals surface area contributed by atoms with Crippen molar-refractivity contribution in [1.82, 2.24) is 5.16 Å². The summed E-state index contributed by atoms with van der Waals surface area (Å²) in [5.41, 5.74) is 0.457. The van der Waals surface area contributed by atoms with Crippen molar-refractivity contribution in [3.05, 3.63) is 40.1 Å². The Kier molecular flexibility index (Phi) is 3.74. The number of nitrogens with zero attached hydrogens (tertiary/aromatic N) is 1. The van der Waals surface area contributed by atoms with Crippen molar-refractivity contribution in [2.75, 3.05) is 10.6 Å². The lowest BCUT2D eigenvalue weighted by Gasteiger charge is -2.07. The fraction of sp³-hybridized carbons (Fsp3) is 0.0909. The van der Waals surface area contributed by atoms with Gasteiger partial charge in [-0.3, -0.25) is 5.32 Å². The number of carbonyl (C=O) groups excluding carboxylic acids is 1. The van der Waals surface area contributed by atoms with E-state index in [-0.39, 0.29) is 0 Å². The summed E-state index contributed by atoms with van der Waals surface area (Å²) in [6.45, 7) is 1.73. The topological polar surface area (TPSA) is 67.2 Å². The highest BCUT2D eigenvalue weighted by Crippen LogP contribution is 2.25. The summed E-state index contributed by atoms with van der Waals surface area (Å²) >= 11 is 11.7. The number of rotatable bonds is 2. The molecule has 2 rings (SSSR count). The van der Waals surface area contributed by atoms with Crippen molar-refractivity contribution in [3.63, 3.8) is 0 Å². The molecule has 0 fully saturated rings. The van der Waals surface area contributed by atoms with E-state index in [2.05, 4.69) is 15.8 Å². The molecule has 0 aliphatic carbocycles. The maximum atomic E-state index is 11.6. The Labute approximate surface area is 113 Å². The minimum Gasteiger partial charge on any atom is -0.360 e. The van der Waals surface area contributed by atoms with Gasteiger partial charge in [0, 0.05) is 11.1 Å². The molecular weight excluding hydrogens is 277 g/mol. The number of urea groups is 1. The summed E-state index contributed by atoms with van der Waals surface area (Å²) in [4.78, 5) is 11.6. The zero-order valence-corrected chi connectivity index (χ0v) is 10.8. The molecule has 1 aromatic heterocycles. The molecule has 18 heavy (non-hydrogen) atoms. The molecule has 2 N–H and O–H groups in total. The van der Waals surface area contributed by atoms with Crippen molar-refractivity contribution < 1.29 is 9.32 Å². The molecule has 0 aliphatic rings. The minimum atomic E-state index is -0.465. The molecule has 0 aliphatic heterocycles. The zero-order chi connectivity index (χ0) is 13.1. The molecule has 0 radical (unpaired) electrons. The number of hydrogen-bond acceptors (Lipinski definition) is 3. The lowest BCUT2D eigenvalue weighted by atomic mass is 10.3. The highest BCUT2D eigenvalue weighted by molar-refractivity contribution is 6.36. The Balaban J connectivity index is 2.03. The van der Waals surface area contributed by atoms with Crippen LogP contribution in [0, 0.1) is 6.92 Å². The molecule has 0 atom stereocenters. The van der Waals surface area contributed by atoms with E-state index in [4.69, 9.17) is 27.7 Å². The lowest BCUT2D eigenvalue weighted by Crippen LogP contribution is -2.19. The van der Waals surface area contributed by atoms with Gasteiger partial charge in [0.15, 0.2) is 5.82 Å². The van der Waals surface area contributed by atoms with Crippen LogP contribution >= 0.6 is 23.2 Å². The average Bonchev–Trinajstić information content (AvgIpc) is 2.68. The van der Waals surface area contributed by atoms with Crippen LogP contribution in [0.25, 0.3) is 0 Å². The van der Waals surface area contributed by atoms with Gasteiger partial charge in [-0.25, -0.2) is 4.79 Å². The molecule has 1 aromatic carbocycles. The molecule has 0 saturated heterocycles. The first-order chi connectivity index (χ1) is 8.54. The van der Waals surface area contributed by atoms with E-state index in [0.29, 0.717) is 27.3 Å². The smallest absolute Gasteiger partial charge is 0.324 e.